The van der Waals surface area contributed by atoms with Crippen LogP contribution in [0.2, 0.25) is 0 Å². The van der Waals surface area contributed by atoms with Crippen LogP contribution in [-0.4, -0.2) is 15.3 Å². The normalized spacial score (nSPS) is 10.4. The van der Waals surface area contributed by atoms with Gasteiger partial charge in [-0.1, -0.05) is 0 Å². The van der Waals surface area contributed by atoms with Gasteiger partial charge in [-0.25, -0.2) is 0 Å². The zero-order valence-electron chi connectivity index (χ0n) is 8.85. The van der Waals surface area contributed by atoms with Crippen molar-refractivity contribution in [3.8, 4) is 0 Å². The summed E-state index contributed by atoms with van der Waals surface area (Å²) in [5.41, 5.74) is 1.70. The van der Waals surface area contributed by atoms with Gasteiger partial charge in [-0.3, -0.25) is 9.78 Å². The summed E-state index contributed by atoms with van der Waals surface area (Å²) in [7, 11) is 0. The van der Waals surface area contributed by atoms with Crippen molar-refractivity contribution in [1.29, 1.82) is 0 Å². The van der Waals surface area contributed by atoms with E-state index in [9.17, 15) is 4.79 Å². The molecule has 0 amide bonds. The minimum Gasteiger partial charge on any atom is -0.348 e. The maximum absolute atomic E-state index is 11.1. The molecule has 3 nitrogen and oxygen atoms in total. The van der Waals surface area contributed by atoms with Gasteiger partial charge in [0.05, 0.1) is 12.2 Å². The van der Waals surface area contributed by atoms with E-state index in [2.05, 4.69) is 20.9 Å². The van der Waals surface area contributed by atoms with Gasteiger partial charge in [0.25, 0.3) is 0 Å². The maximum Gasteiger partial charge on any atom is 0.161 e. The zero-order chi connectivity index (χ0) is 11.5. The van der Waals surface area contributed by atoms with E-state index in [-0.39, 0.29) is 5.78 Å². The third-order valence-electron chi connectivity index (χ3n) is 2.29. The average Bonchev–Trinajstić information content (AvgIpc) is 2.70. The SMILES string of the molecule is CC(=O)c1ccn(Cc2ccc(Br)cn2)c1. The Morgan fingerprint density at radius 2 is 2.25 bits per heavy atom. The number of carbonyl (C=O) groups is 1. The van der Waals surface area contributed by atoms with E-state index >= 15 is 0 Å². The zero-order valence-corrected chi connectivity index (χ0v) is 10.4. The Bertz CT molecular complexity index is 502. The van der Waals surface area contributed by atoms with Crippen LogP contribution in [0.15, 0.2) is 41.3 Å². The quantitative estimate of drug-likeness (QED) is 0.810. The van der Waals surface area contributed by atoms with E-state index in [1.807, 2.05) is 35.2 Å². The first-order chi connectivity index (χ1) is 7.65. The number of ketones is 1. The number of halogens is 1. The summed E-state index contributed by atoms with van der Waals surface area (Å²) in [6, 6.07) is 5.73. The molecule has 0 unspecified atom stereocenters. The van der Waals surface area contributed by atoms with Crippen molar-refractivity contribution in [2.75, 3.05) is 0 Å². The van der Waals surface area contributed by atoms with Gasteiger partial charge in [-0.2, -0.15) is 0 Å². The molecule has 0 aliphatic rings. The molecule has 2 aromatic rings. The minimum atomic E-state index is 0.0857. The van der Waals surface area contributed by atoms with Gasteiger partial charge in [0.1, 0.15) is 0 Å². The second-order valence-electron chi connectivity index (χ2n) is 3.60. The fourth-order valence-electron chi connectivity index (χ4n) is 1.43. The molecule has 0 saturated carbocycles. The van der Waals surface area contributed by atoms with Crippen molar-refractivity contribution >= 4 is 21.7 Å². The minimum absolute atomic E-state index is 0.0857. The lowest BCUT2D eigenvalue weighted by Crippen LogP contribution is -1.99. The van der Waals surface area contributed by atoms with Crippen LogP contribution in [-0.2, 0) is 6.54 Å². The van der Waals surface area contributed by atoms with E-state index in [4.69, 9.17) is 0 Å². The molecule has 0 N–H and O–H groups in total. The molecule has 0 fully saturated rings. The van der Waals surface area contributed by atoms with Gasteiger partial charge in [0.15, 0.2) is 5.78 Å². The van der Waals surface area contributed by atoms with Crippen LogP contribution in [0, 0.1) is 0 Å². The van der Waals surface area contributed by atoms with Gasteiger partial charge < -0.3 is 4.57 Å². The number of carbonyl (C=O) groups excluding carboxylic acids is 1. The molecule has 2 aromatic heterocycles. The molecule has 4 heteroatoms. The highest BCUT2D eigenvalue weighted by atomic mass is 79.9. The summed E-state index contributed by atoms with van der Waals surface area (Å²) in [5.74, 6) is 0.0857. The van der Waals surface area contributed by atoms with Crippen LogP contribution in [0.5, 0.6) is 0 Å². The summed E-state index contributed by atoms with van der Waals surface area (Å²) >= 11 is 3.34. The summed E-state index contributed by atoms with van der Waals surface area (Å²) in [4.78, 5) is 15.4. The third kappa shape index (κ3) is 2.58. The molecule has 2 rings (SSSR count). The van der Waals surface area contributed by atoms with Crippen LogP contribution < -0.4 is 0 Å². The molecule has 16 heavy (non-hydrogen) atoms. The van der Waals surface area contributed by atoms with E-state index in [1.165, 1.54) is 0 Å². The Hall–Kier alpha value is -1.42. The van der Waals surface area contributed by atoms with Crippen molar-refractivity contribution in [2.24, 2.45) is 0 Å². The first-order valence-electron chi connectivity index (χ1n) is 4.92. The Morgan fingerprint density at radius 3 is 2.81 bits per heavy atom. The monoisotopic (exact) mass is 278 g/mol. The summed E-state index contributed by atoms with van der Waals surface area (Å²) < 4.78 is 2.92. The largest absolute Gasteiger partial charge is 0.348 e. The predicted molar refractivity (Wildman–Crippen MR) is 65.5 cm³/mol. The maximum atomic E-state index is 11.1. The summed E-state index contributed by atoms with van der Waals surface area (Å²) in [6.45, 7) is 2.25. The van der Waals surface area contributed by atoms with E-state index in [1.54, 1.807) is 13.1 Å². The van der Waals surface area contributed by atoms with Crippen LogP contribution in [0.25, 0.3) is 0 Å². The number of nitrogens with zero attached hydrogens (tertiary/aromatic N) is 2. The lowest BCUT2D eigenvalue weighted by atomic mass is 10.2. The summed E-state index contributed by atoms with van der Waals surface area (Å²) in [5, 5.41) is 0. The van der Waals surface area contributed by atoms with Gasteiger partial charge in [0, 0.05) is 28.6 Å². The molecular weight excluding hydrogens is 268 g/mol. The number of aromatic nitrogens is 2. The highest BCUT2D eigenvalue weighted by Crippen LogP contribution is 2.09. The fraction of sp³-hybridized carbons (Fsp3) is 0.167. The summed E-state index contributed by atoms with van der Waals surface area (Å²) in [6.07, 6.45) is 5.50. The molecule has 2 heterocycles. The lowest BCUT2D eigenvalue weighted by Gasteiger charge is -2.01. The Balaban J connectivity index is 2.14. The van der Waals surface area contributed by atoms with Gasteiger partial charge in [0.2, 0.25) is 0 Å². The first kappa shape index (κ1) is 11.1. The van der Waals surface area contributed by atoms with E-state index < -0.39 is 0 Å². The van der Waals surface area contributed by atoms with Crippen LogP contribution >= 0.6 is 15.9 Å². The number of hydrogen-bond donors (Lipinski definition) is 0. The highest BCUT2D eigenvalue weighted by Gasteiger charge is 2.02. The number of hydrogen-bond acceptors (Lipinski definition) is 2. The van der Waals surface area contributed by atoms with Crippen molar-refractivity contribution in [1.82, 2.24) is 9.55 Å². The molecule has 0 aliphatic carbocycles. The second-order valence-corrected chi connectivity index (χ2v) is 4.51. The van der Waals surface area contributed by atoms with Crippen LogP contribution in [0.1, 0.15) is 23.0 Å². The third-order valence-corrected chi connectivity index (χ3v) is 2.76. The molecular formula is C12H11BrN2O. The van der Waals surface area contributed by atoms with Crippen molar-refractivity contribution in [2.45, 2.75) is 13.5 Å². The van der Waals surface area contributed by atoms with Gasteiger partial charge in [-0.05, 0) is 41.1 Å². The number of Topliss-reactive ketones (excluding diaryl/α,β-unsaturated/α-hetero) is 1. The van der Waals surface area contributed by atoms with Gasteiger partial charge >= 0.3 is 0 Å². The first-order valence-corrected chi connectivity index (χ1v) is 5.71. The van der Waals surface area contributed by atoms with Crippen LogP contribution in [0.3, 0.4) is 0 Å². The number of pyridine rings is 1. The average molecular weight is 279 g/mol. The highest BCUT2D eigenvalue weighted by molar-refractivity contribution is 9.10. The van der Waals surface area contributed by atoms with E-state index in [0.29, 0.717) is 6.54 Å². The Morgan fingerprint density at radius 1 is 1.44 bits per heavy atom. The predicted octanol–water partition coefficient (Wildman–Crippen LogP) is 2.90. The molecule has 82 valence electrons. The topological polar surface area (TPSA) is 34.9 Å². The van der Waals surface area contributed by atoms with E-state index in [0.717, 1.165) is 15.7 Å². The van der Waals surface area contributed by atoms with Crippen molar-refractivity contribution in [3.63, 3.8) is 0 Å². The molecule has 0 aromatic carbocycles. The Kier molecular flexibility index (Phi) is 3.19. The standard InChI is InChI=1S/C12H11BrN2O/c1-9(16)10-4-5-15(7-10)8-12-3-2-11(13)6-14-12/h2-7H,8H2,1H3. The molecule has 0 spiro atoms. The smallest absolute Gasteiger partial charge is 0.161 e. The molecule has 0 radical (unpaired) electrons. The molecule has 0 aliphatic heterocycles. The lowest BCUT2D eigenvalue weighted by molar-refractivity contribution is 0.101. The van der Waals surface area contributed by atoms with Crippen LogP contribution in [0.4, 0.5) is 0 Å². The number of rotatable bonds is 3. The molecule has 0 bridgehead atoms. The molecule has 0 saturated heterocycles. The van der Waals surface area contributed by atoms with Gasteiger partial charge in [-0.15, -0.1) is 0 Å². The van der Waals surface area contributed by atoms with Crippen molar-refractivity contribution < 1.29 is 4.79 Å². The second kappa shape index (κ2) is 4.61. The Labute approximate surface area is 102 Å². The molecule has 0 atom stereocenters. The van der Waals surface area contributed by atoms with Crippen molar-refractivity contribution in [3.05, 3.63) is 52.5 Å². The fourth-order valence-corrected chi connectivity index (χ4v) is 1.67.